The Kier molecular flexibility index (Phi) is 3.66. The number of carbonyl (C=O) groups is 1. The summed E-state index contributed by atoms with van der Waals surface area (Å²) in [6.07, 6.45) is 1.88. The zero-order chi connectivity index (χ0) is 11.4. The van der Waals surface area contributed by atoms with Crippen molar-refractivity contribution < 1.29 is 14.3 Å². The van der Waals surface area contributed by atoms with Crippen LogP contribution in [0.1, 0.15) is 6.92 Å². The summed E-state index contributed by atoms with van der Waals surface area (Å²) in [6, 6.07) is 0. The first-order chi connectivity index (χ1) is 7.81. The van der Waals surface area contributed by atoms with Crippen LogP contribution in [0.25, 0.3) is 0 Å². The highest BCUT2D eigenvalue weighted by molar-refractivity contribution is 5.68. The Morgan fingerprint density at radius 2 is 2.25 bits per heavy atom. The Bertz CT molecular complexity index is 285. The molecule has 0 aromatic heterocycles. The van der Waals surface area contributed by atoms with E-state index in [9.17, 15) is 4.79 Å². The summed E-state index contributed by atoms with van der Waals surface area (Å²) in [7, 11) is 0. The standard InChI is InChI=1S/C11H18N2O3/c1-2-16-11(14)13-4-3-10(9-13)12-5-7-15-8-6-12/h3H,2,4-9H2,1H3. The van der Waals surface area contributed by atoms with Gasteiger partial charge in [-0.25, -0.2) is 4.79 Å². The molecular weight excluding hydrogens is 208 g/mol. The average molecular weight is 226 g/mol. The molecule has 2 rings (SSSR count). The van der Waals surface area contributed by atoms with E-state index >= 15 is 0 Å². The van der Waals surface area contributed by atoms with E-state index < -0.39 is 0 Å². The largest absolute Gasteiger partial charge is 0.450 e. The minimum Gasteiger partial charge on any atom is -0.450 e. The topological polar surface area (TPSA) is 42.0 Å². The maximum atomic E-state index is 11.5. The van der Waals surface area contributed by atoms with Gasteiger partial charge in [0.1, 0.15) is 0 Å². The van der Waals surface area contributed by atoms with E-state index in [1.165, 1.54) is 5.70 Å². The van der Waals surface area contributed by atoms with E-state index in [4.69, 9.17) is 9.47 Å². The Morgan fingerprint density at radius 1 is 1.50 bits per heavy atom. The van der Waals surface area contributed by atoms with Crippen LogP contribution in [0.2, 0.25) is 0 Å². The van der Waals surface area contributed by atoms with E-state index in [1.807, 2.05) is 6.92 Å². The molecule has 0 N–H and O–H groups in total. The predicted octanol–water partition coefficient (Wildman–Crippen LogP) is 0.675. The van der Waals surface area contributed by atoms with Gasteiger partial charge < -0.3 is 14.4 Å². The quantitative estimate of drug-likeness (QED) is 0.694. The van der Waals surface area contributed by atoms with Gasteiger partial charge in [-0.2, -0.15) is 0 Å². The van der Waals surface area contributed by atoms with Crippen LogP contribution in [0, 0.1) is 0 Å². The van der Waals surface area contributed by atoms with E-state index in [2.05, 4.69) is 11.0 Å². The lowest BCUT2D eigenvalue weighted by molar-refractivity contribution is 0.0513. The third kappa shape index (κ3) is 2.47. The summed E-state index contributed by atoms with van der Waals surface area (Å²) in [4.78, 5) is 15.5. The Morgan fingerprint density at radius 3 is 2.94 bits per heavy atom. The van der Waals surface area contributed by atoms with E-state index in [0.29, 0.717) is 19.7 Å². The van der Waals surface area contributed by atoms with Crippen molar-refractivity contribution in [3.63, 3.8) is 0 Å². The van der Waals surface area contributed by atoms with Gasteiger partial charge >= 0.3 is 6.09 Å². The number of rotatable bonds is 2. The second-order valence-electron chi connectivity index (χ2n) is 3.87. The van der Waals surface area contributed by atoms with Crippen LogP contribution >= 0.6 is 0 Å². The average Bonchev–Trinajstić information content (AvgIpc) is 2.80. The second kappa shape index (κ2) is 5.21. The highest BCUT2D eigenvalue weighted by atomic mass is 16.6. The minimum absolute atomic E-state index is 0.220. The van der Waals surface area contributed by atoms with Gasteiger partial charge in [0, 0.05) is 25.3 Å². The van der Waals surface area contributed by atoms with E-state index in [-0.39, 0.29) is 6.09 Å². The van der Waals surface area contributed by atoms with Crippen LogP contribution < -0.4 is 0 Å². The molecule has 2 heterocycles. The van der Waals surface area contributed by atoms with Crippen molar-refractivity contribution in [2.45, 2.75) is 6.92 Å². The zero-order valence-electron chi connectivity index (χ0n) is 9.65. The minimum atomic E-state index is -0.220. The van der Waals surface area contributed by atoms with Crippen LogP contribution in [0.5, 0.6) is 0 Å². The first kappa shape index (κ1) is 11.3. The van der Waals surface area contributed by atoms with Crippen molar-refractivity contribution in [1.82, 2.24) is 9.80 Å². The number of hydrogen-bond donors (Lipinski definition) is 0. The predicted molar refractivity (Wildman–Crippen MR) is 59.1 cm³/mol. The van der Waals surface area contributed by atoms with Crippen molar-refractivity contribution in [1.29, 1.82) is 0 Å². The molecule has 2 aliphatic rings. The van der Waals surface area contributed by atoms with Gasteiger partial charge in [0.25, 0.3) is 0 Å². The normalized spacial score (nSPS) is 20.9. The van der Waals surface area contributed by atoms with Crippen molar-refractivity contribution in [3.05, 3.63) is 11.8 Å². The number of carbonyl (C=O) groups excluding carboxylic acids is 1. The summed E-state index contributed by atoms with van der Waals surface area (Å²) in [5.74, 6) is 0. The van der Waals surface area contributed by atoms with Gasteiger partial charge in [-0.1, -0.05) is 0 Å². The number of ether oxygens (including phenoxy) is 2. The molecule has 90 valence electrons. The molecule has 1 saturated heterocycles. The van der Waals surface area contributed by atoms with Crippen molar-refractivity contribution >= 4 is 6.09 Å². The third-order valence-corrected chi connectivity index (χ3v) is 2.84. The SMILES string of the molecule is CCOC(=O)N1CC=C(N2CCOCC2)C1. The van der Waals surface area contributed by atoms with Gasteiger partial charge in [0.15, 0.2) is 0 Å². The third-order valence-electron chi connectivity index (χ3n) is 2.84. The smallest absolute Gasteiger partial charge is 0.410 e. The molecule has 5 heteroatoms. The molecule has 0 atom stereocenters. The molecule has 0 radical (unpaired) electrons. The number of nitrogens with zero attached hydrogens (tertiary/aromatic N) is 2. The number of morpholine rings is 1. The molecule has 0 unspecified atom stereocenters. The van der Waals surface area contributed by atoms with E-state index in [0.717, 1.165) is 26.3 Å². The van der Waals surface area contributed by atoms with Crippen molar-refractivity contribution in [2.24, 2.45) is 0 Å². The molecule has 16 heavy (non-hydrogen) atoms. The van der Waals surface area contributed by atoms with Gasteiger partial charge in [0.2, 0.25) is 0 Å². The first-order valence-corrected chi connectivity index (χ1v) is 5.74. The molecule has 0 saturated carbocycles. The summed E-state index contributed by atoms with van der Waals surface area (Å²) < 4.78 is 10.3. The van der Waals surface area contributed by atoms with Gasteiger partial charge in [-0.05, 0) is 13.0 Å². The lowest BCUT2D eigenvalue weighted by atomic mass is 10.3. The van der Waals surface area contributed by atoms with Gasteiger partial charge in [-0.3, -0.25) is 4.90 Å². The molecule has 0 aromatic carbocycles. The number of amides is 1. The maximum absolute atomic E-state index is 11.5. The fraction of sp³-hybridized carbons (Fsp3) is 0.727. The molecule has 2 aliphatic heterocycles. The Hall–Kier alpha value is -1.23. The lowest BCUT2D eigenvalue weighted by Gasteiger charge is -2.30. The molecular formula is C11H18N2O3. The summed E-state index contributed by atoms with van der Waals surface area (Å²) in [6.45, 7) is 6.97. The van der Waals surface area contributed by atoms with Crippen LogP contribution in [-0.4, -0.2) is 61.9 Å². The molecule has 0 aliphatic carbocycles. The van der Waals surface area contributed by atoms with Gasteiger partial charge in [-0.15, -0.1) is 0 Å². The summed E-state index contributed by atoms with van der Waals surface area (Å²) in [5, 5.41) is 0. The molecule has 0 spiro atoms. The molecule has 0 aromatic rings. The zero-order valence-corrected chi connectivity index (χ0v) is 9.65. The fourth-order valence-electron chi connectivity index (χ4n) is 1.97. The van der Waals surface area contributed by atoms with Crippen LogP contribution in [0.15, 0.2) is 11.8 Å². The maximum Gasteiger partial charge on any atom is 0.410 e. The highest BCUT2D eigenvalue weighted by Gasteiger charge is 2.24. The van der Waals surface area contributed by atoms with Crippen molar-refractivity contribution in [2.75, 3.05) is 46.0 Å². The lowest BCUT2D eigenvalue weighted by Crippen LogP contribution is -2.38. The van der Waals surface area contributed by atoms with Gasteiger partial charge in [0.05, 0.1) is 26.4 Å². The highest BCUT2D eigenvalue weighted by Crippen LogP contribution is 2.16. The van der Waals surface area contributed by atoms with Crippen LogP contribution in [0.4, 0.5) is 4.79 Å². The summed E-state index contributed by atoms with van der Waals surface area (Å²) in [5.41, 5.74) is 1.22. The Labute approximate surface area is 95.6 Å². The monoisotopic (exact) mass is 226 g/mol. The van der Waals surface area contributed by atoms with Crippen LogP contribution in [-0.2, 0) is 9.47 Å². The molecule has 0 bridgehead atoms. The number of hydrogen-bond acceptors (Lipinski definition) is 4. The Balaban J connectivity index is 1.84. The molecule has 5 nitrogen and oxygen atoms in total. The second-order valence-corrected chi connectivity index (χ2v) is 3.87. The van der Waals surface area contributed by atoms with Crippen LogP contribution in [0.3, 0.4) is 0 Å². The fourth-order valence-corrected chi connectivity index (χ4v) is 1.97. The summed E-state index contributed by atoms with van der Waals surface area (Å²) >= 11 is 0. The van der Waals surface area contributed by atoms with Crippen molar-refractivity contribution in [3.8, 4) is 0 Å². The van der Waals surface area contributed by atoms with E-state index in [1.54, 1.807) is 4.90 Å². The first-order valence-electron chi connectivity index (χ1n) is 5.74. The molecule has 1 fully saturated rings. The molecule has 1 amide bonds.